The lowest BCUT2D eigenvalue weighted by atomic mass is 10.1. The van der Waals surface area contributed by atoms with Crippen molar-refractivity contribution in [1.82, 2.24) is 9.80 Å². The van der Waals surface area contributed by atoms with Crippen LogP contribution in [0.2, 0.25) is 0 Å². The van der Waals surface area contributed by atoms with Crippen LogP contribution in [0.3, 0.4) is 0 Å². The fraction of sp³-hybridized carbons (Fsp3) is 0.900. The summed E-state index contributed by atoms with van der Waals surface area (Å²) in [6.45, 7) is 2.18. The van der Waals surface area contributed by atoms with Crippen molar-refractivity contribution >= 4 is 5.91 Å². The summed E-state index contributed by atoms with van der Waals surface area (Å²) in [5, 5.41) is 9.73. The standard InChI is InChI=1S/C10H18N2O2/c1-11-5-6-12(7-10(11)14)8-3-2-4-9(8)13/h8-9,13H,2-7H2,1H3. The van der Waals surface area contributed by atoms with Gasteiger partial charge in [-0.3, -0.25) is 9.69 Å². The Labute approximate surface area is 84.5 Å². The zero-order valence-electron chi connectivity index (χ0n) is 8.65. The first-order valence-corrected chi connectivity index (χ1v) is 5.34. The fourth-order valence-corrected chi connectivity index (χ4v) is 2.41. The Bertz CT molecular complexity index is 232. The number of piperazine rings is 1. The van der Waals surface area contributed by atoms with Gasteiger partial charge in [-0.05, 0) is 19.3 Å². The van der Waals surface area contributed by atoms with Crippen molar-refractivity contribution in [3.05, 3.63) is 0 Å². The molecule has 2 fully saturated rings. The van der Waals surface area contributed by atoms with Crippen LogP contribution in [0.15, 0.2) is 0 Å². The molecule has 4 nitrogen and oxygen atoms in total. The van der Waals surface area contributed by atoms with E-state index in [0.717, 1.165) is 32.4 Å². The van der Waals surface area contributed by atoms with Gasteiger partial charge >= 0.3 is 0 Å². The van der Waals surface area contributed by atoms with Crippen LogP contribution in [0, 0.1) is 0 Å². The van der Waals surface area contributed by atoms with Gasteiger partial charge in [0.1, 0.15) is 0 Å². The summed E-state index contributed by atoms with van der Waals surface area (Å²) in [4.78, 5) is 15.4. The van der Waals surface area contributed by atoms with E-state index in [-0.39, 0.29) is 18.1 Å². The number of hydrogen-bond acceptors (Lipinski definition) is 3. The Kier molecular flexibility index (Phi) is 2.74. The van der Waals surface area contributed by atoms with Crippen molar-refractivity contribution in [2.45, 2.75) is 31.4 Å². The van der Waals surface area contributed by atoms with E-state index in [2.05, 4.69) is 4.90 Å². The van der Waals surface area contributed by atoms with E-state index in [1.54, 1.807) is 4.90 Å². The maximum absolute atomic E-state index is 11.5. The van der Waals surface area contributed by atoms with E-state index < -0.39 is 0 Å². The van der Waals surface area contributed by atoms with Gasteiger partial charge in [0.05, 0.1) is 12.6 Å². The number of amides is 1. The van der Waals surface area contributed by atoms with Crippen LogP contribution in [-0.4, -0.2) is 59.6 Å². The van der Waals surface area contributed by atoms with Crippen molar-refractivity contribution in [2.75, 3.05) is 26.7 Å². The zero-order chi connectivity index (χ0) is 10.1. The van der Waals surface area contributed by atoms with Gasteiger partial charge in [-0.1, -0.05) is 0 Å². The average Bonchev–Trinajstić information content (AvgIpc) is 2.57. The third kappa shape index (κ3) is 1.77. The molecule has 2 aliphatic rings. The summed E-state index contributed by atoms with van der Waals surface area (Å²) in [6.07, 6.45) is 2.81. The van der Waals surface area contributed by atoms with Crippen molar-refractivity contribution in [3.8, 4) is 0 Å². The average molecular weight is 198 g/mol. The first kappa shape index (κ1) is 9.93. The Balaban J connectivity index is 1.95. The highest BCUT2D eigenvalue weighted by Gasteiger charge is 2.34. The molecule has 0 aromatic heterocycles. The number of nitrogens with zero attached hydrogens (tertiary/aromatic N) is 2. The second kappa shape index (κ2) is 3.87. The molecule has 80 valence electrons. The highest BCUT2D eigenvalue weighted by Crippen LogP contribution is 2.24. The molecular weight excluding hydrogens is 180 g/mol. The zero-order valence-corrected chi connectivity index (χ0v) is 8.65. The fourth-order valence-electron chi connectivity index (χ4n) is 2.41. The highest BCUT2D eigenvalue weighted by atomic mass is 16.3. The van der Waals surface area contributed by atoms with Gasteiger partial charge in [0.15, 0.2) is 0 Å². The summed E-state index contributed by atoms with van der Waals surface area (Å²) in [5.41, 5.74) is 0. The van der Waals surface area contributed by atoms with Crippen LogP contribution in [0.1, 0.15) is 19.3 Å². The quantitative estimate of drug-likeness (QED) is 0.627. The molecule has 1 saturated heterocycles. The van der Waals surface area contributed by atoms with E-state index in [9.17, 15) is 9.90 Å². The summed E-state index contributed by atoms with van der Waals surface area (Å²) in [6, 6.07) is 0.229. The molecule has 1 aliphatic carbocycles. The SMILES string of the molecule is CN1CCN(C2CCCC2O)CC1=O. The number of rotatable bonds is 1. The van der Waals surface area contributed by atoms with Gasteiger partial charge in [0.2, 0.25) is 5.91 Å². The Morgan fingerprint density at radius 3 is 2.71 bits per heavy atom. The number of carbonyl (C=O) groups excluding carboxylic acids is 1. The van der Waals surface area contributed by atoms with Crippen molar-refractivity contribution in [2.24, 2.45) is 0 Å². The maximum atomic E-state index is 11.5. The van der Waals surface area contributed by atoms with Gasteiger partial charge in [-0.2, -0.15) is 0 Å². The highest BCUT2D eigenvalue weighted by molar-refractivity contribution is 5.78. The second-order valence-electron chi connectivity index (χ2n) is 4.35. The molecule has 2 unspecified atom stereocenters. The number of hydrogen-bond donors (Lipinski definition) is 1. The van der Waals surface area contributed by atoms with E-state index in [1.807, 2.05) is 7.05 Å². The molecule has 2 rings (SSSR count). The molecule has 1 aliphatic heterocycles. The predicted octanol–water partition coefficient (Wildman–Crippen LogP) is -0.326. The molecule has 0 aromatic carbocycles. The van der Waals surface area contributed by atoms with Gasteiger partial charge in [-0.15, -0.1) is 0 Å². The van der Waals surface area contributed by atoms with Crippen molar-refractivity contribution < 1.29 is 9.90 Å². The van der Waals surface area contributed by atoms with Crippen LogP contribution in [0.25, 0.3) is 0 Å². The molecule has 4 heteroatoms. The van der Waals surface area contributed by atoms with Gasteiger partial charge < -0.3 is 10.0 Å². The van der Waals surface area contributed by atoms with Crippen LogP contribution in [0.5, 0.6) is 0 Å². The van der Waals surface area contributed by atoms with Crippen LogP contribution >= 0.6 is 0 Å². The lowest BCUT2D eigenvalue weighted by Crippen LogP contribution is -2.53. The lowest BCUT2D eigenvalue weighted by molar-refractivity contribution is -0.136. The molecule has 1 heterocycles. The summed E-state index contributed by atoms with van der Waals surface area (Å²) in [5.74, 6) is 0.176. The first-order valence-electron chi connectivity index (χ1n) is 5.34. The van der Waals surface area contributed by atoms with Gasteiger partial charge in [0.25, 0.3) is 0 Å². The van der Waals surface area contributed by atoms with Crippen LogP contribution < -0.4 is 0 Å². The topological polar surface area (TPSA) is 43.8 Å². The van der Waals surface area contributed by atoms with E-state index >= 15 is 0 Å². The first-order chi connectivity index (χ1) is 6.68. The van der Waals surface area contributed by atoms with E-state index in [0.29, 0.717) is 6.54 Å². The minimum absolute atomic E-state index is 0.176. The molecule has 1 N–H and O–H groups in total. The van der Waals surface area contributed by atoms with Gasteiger partial charge in [0, 0.05) is 26.2 Å². The monoisotopic (exact) mass is 198 g/mol. The molecule has 1 amide bonds. The lowest BCUT2D eigenvalue weighted by Gasteiger charge is -2.37. The van der Waals surface area contributed by atoms with Crippen LogP contribution in [0.4, 0.5) is 0 Å². The van der Waals surface area contributed by atoms with Crippen molar-refractivity contribution in [3.63, 3.8) is 0 Å². The largest absolute Gasteiger partial charge is 0.391 e. The number of aliphatic hydroxyl groups is 1. The summed E-state index contributed by atoms with van der Waals surface area (Å²) < 4.78 is 0. The Hall–Kier alpha value is -0.610. The number of aliphatic hydroxyl groups excluding tert-OH is 1. The Morgan fingerprint density at radius 1 is 1.36 bits per heavy atom. The number of carbonyl (C=O) groups is 1. The molecule has 0 aromatic rings. The molecule has 0 spiro atoms. The smallest absolute Gasteiger partial charge is 0.236 e. The molecule has 0 radical (unpaired) electrons. The normalized spacial score (nSPS) is 35.3. The maximum Gasteiger partial charge on any atom is 0.236 e. The molecule has 0 bridgehead atoms. The Morgan fingerprint density at radius 2 is 2.14 bits per heavy atom. The number of likely N-dealkylation sites (N-methyl/N-ethyl adjacent to an activating group) is 1. The van der Waals surface area contributed by atoms with Crippen LogP contribution in [-0.2, 0) is 4.79 Å². The third-order valence-corrected chi connectivity index (χ3v) is 3.40. The molecular formula is C10H18N2O2. The molecule has 1 saturated carbocycles. The molecule has 14 heavy (non-hydrogen) atoms. The second-order valence-corrected chi connectivity index (χ2v) is 4.35. The van der Waals surface area contributed by atoms with E-state index in [4.69, 9.17) is 0 Å². The van der Waals surface area contributed by atoms with Gasteiger partial charge in [-0.25, -0.2) is 0 Å². The predicted molar refractivity (Wildman–Crippen MR) is 52.9 cm³/mol. The summed E-state index contributed by atoms with van der Waals surface area (Å²) >= 11 is 0. The minimum atomic E-state index is -0.216. The molecule has 2 atom stereocenters. The summed E-state index contributed by atoms with van der Waals surface area (Å²) in [7, 11) is 1.84. The minimum Gasteiger partial charge on any atom is -0.391 e. The van der Waals surface area contributed by atoms with Crippen molar-refractivity contribution in [1.29, 1.82) is 0 Å². The van der Waals surface area contributed by atoms with E-state index in [1.165, 1.54) is 0 Å². The third-order valence-electron chi connectivity index (χ3n) is 3.40.